The Balaban J connectivity index is 2.71. The highest BCUT2D eigenvalue weighted by Gasteiger charge is 2.09. The third-order valence-corrected chi connectivity index (χ3v) is 2.88. The summed E-state index contributed by atoms with van der Waals surface area (Å²) in [6.45, 7) is 3.10. The quantitative estimate of drug-likeness (QED) is 0.750. The lowest BCUT2D eigenvalue weighted by molar-refractivity contribution is 0.355. The standard InChI is InChI=1S/C13H20ClNO2/c1-4-5-6-7-15-11-9-13(17-3)12(16-2)8-10(11)14/h8-9,15H,4-7H2,1-3H3. The summed E-state index contributed by atoms with van der Waals surface area (Å²) in [5, 5.41) is 3.96. The monoisotopic (exact) mass is 257 g/mol. The van der Waals surface area contributed by atoms with Gasteiger partial charge in [0.2, 0.25) is 0 Å². The van der Waals surface area contributed by atoms with Crippen LogP contribution < -0.4 is 14.8 Å². The summed E-state index contributed by atoms with van der Waals surface area (Å²) in [6, 6.07) is 3.63. The smallest absolute Gasteiger partial charge is 0.162 e. The molecule has 0 bridgehead atoms. The molecular formula is C13H20ClNO2. The van der Waals surface area contributed by atoms with Gasteiger partial charge in [-0.15, -0.1) is 0 Å². The SMILES string of the molecule is CCCCCNc1cc(OC)c(OC)cc1Cl. The van der Waals surface area contributed by atoms with Gasteiger partial charge in [-0.3, -0.25) is 0 Å². The van der Waals surface area contributed by atoms with Crippen molar-refractivity contribution in [3.05, 3.63) is 17.2 Å². The first-order valence-corrected chi connectivity index (χ1v) is 6.26. The van der Waals surface area contributed by atoms with Crippen molar-refractivity contribution >= 4 is 17.3 Å². The molecule has 0 unspecified atom stereocenters. The first-order valence-electron chi connectivity index (χ1n) is 5.88. The fourth-order valence-corrected chi connectivity index (χ4v) is 1.81. The minimum Gasteiger partial charge on any atom is -0.493 e. The predicted octanol–water partition coefficient (Wildman–Crippen LogP) is 3.96. The lowest BCUT2D eigenvalue weighted by Gasteiger charge is -2.13. The number of hydrogen-bond donors (Lipinski definition) is 1. The molecule has 0 radical (unpaired) electrons. The molecule has 0 amide bonds. The van der Waals surface area contributed by atoms with Gasteiger partial charge < -0.3 is 14.8 Å². The van der Waals surface area contributed by atoms with Gasteiger partial charge in [0.05, 0.1) is 24.9 Å². The highest BCUT2D eigenvalue weighted by molar-refractivity contribution is 6.33. The number of rotatable bonds is 7. The van der Waals surface area contributed by atoms with Crippen molar-refractivity contribution in [1.82, 2.24) is 0 Å². The third kappa shape index (κ3) is 4.00. The van der Waals surface area contributed by atoms with Gasteiger partial charge in [-0.05, 0) is 6.42 Å². The Hall–Kier alpha value is -1.09. The van der Waals surface area contributed by atoms with Crippen LogP contribution in [-0.4, -0.2) is 20.8 Å². The third-order valence-electron chi connectivity index (χ3n) is 2.57. The van der Waals surface area contributed by atoms with E-state index in [1.54, 1.807) is 20.3 Å². The Labute approximate surface area is 108 Å². The lowest BCUT2D eigenvalue weighted by Crippen LogP contribution is -2.02. The average molecular weight is 258 g/mol. The number of halogens is 1. The molecule has 0 heterocycles. The van der Waals surface area contributed by atoms with Gasteiger partial charge in [-0.1, -0.05) is 31.4 Å². The topological polar surface area (TPSA) is 30.5 Å². The van der Waals surface area contributed by atoms with Crippen molar-refractivity contribution in [2.45, 2.75) is 26.2 Å². The van der Waals surface area contributed by atoms with E-state index in [-0.39, 0.29) is 0 Å². The van der Waals surface area contributed by atoms with Crippen molar-refractivity contribution in [2.75, 3.05) is 26.1 Å². The minimum atomic E-state index is 0.650. The first-order chi connectivity index (χ1) is 8.22. The van der Waals surface area contributed by atoms with Crippen molar-refractivity contribution in [3.8, 4) is 11.5 Å². The van der Waals surface area contributed by atoms with Gasteiger partial charge in [-0.2, -0.15) is 0 Å². The highest BCUT2D eigenvalue weighted by Crippen LogP contribution is 2.35. The average Bonchev–Trinajstić information content (AvgIpc) is 2.35. The molecule has 0 saturated carbocycles. The molecule has 96 valence electrons. The summed E-state index contributed by atoms with van der Waals surface area (Å²) in [5.41, 5.74) is 0.889. The van der Waals surface area contributed by atoms with Crippen LogP contribution in [0.2, 0.25) is 5.02 Å². The van der Waals surface area contributed by atoms with Crippen molar-refractivity contribution in [1.29, 1.82) is 0 Å². The molecule has 4 heteroatoms. The summed E-state index contributed by atoms with van der Waals surface area (Å²) in [6.07, 6.45) is 3.57. The molecule has 3 nitrogen and oxygen atoms in total. The number of unbranched alkanes of at least 4 members (excludes halogenated alkanes) is 2. The van der Waals surface area contributed by atoms with E-state index in [0.29, 0.717) is 16.5 Å². The van der Waals surface area contributed by atoms with Gasteiger partial charge in [0.1, 0.15) is 0 Å². The lowest BCUT2D eigenvalue weighted by atomic mass is 10.2. The number of benzene rings is 1. The second-order valence-corrected chi connectivity index (χ2v) is 4.23. The van der Waals surface area contributed by atoms with Crippen LogP contribution in [0.3, 0.4) is 0 Å². The number of methoxy groups -OCH3 is 2. The maximum Gasteiger partial charge on any atom is 0.162 e. The molecule has 1 rings (SSSR count). The predicted molar refractivity (Wildman–Crippen MR) is 72.6 cm³/mol. The zero-order valence-corrected chi connectivity index (χ0v) is 11.4. The van der Waals surface area contributed by atoms with Crippen LogP contribution >= 0.6 is 11.6 Å². The second-order valence-electron chi connectivity index (χ2n) is 3.82. The Morgan fingerprint density at radius 3 is 2.35 bits per heavy atom. The molecular weight excluding hydrogens is 238 g/mol. The molecule has 0 aliphatic rings. The molecule has 0 aromatic heterocycles. The molecule has 0 aliphatic heterocycles. The normalized spacial score (nSPS) is 10.1. The molecule has 17 heavy (non-hydrogen) atoms. The molecule has 0 atom stereocenters. The van der Waals surface area contributed by atoms with E-state index in [0.717, 1.165) is 18.7 Å². The summed E-state index contributed by atoms with van der Waals surface area (Å²) < 4.78 is 10.4. The van der Waals surface area contributed by atoms with Crippen molar-refractivity contribution in [2.24, 2.45) is 0 Å². The van der Waals surface area contributed by atoms with Gasteiger partial charge in [0, 0.05) is 18.7 Å². The maximum absolute atomic E-state index is 6.15. The van der Waals surface area contributed by atoms with Crippen LogP contribution in [0.1, 0.15) is 26.2 Å². The largest absolute Gasteiger partial charge is 0.493 e. The zero-order chi connectivity index (χ0) is 12.7. The maximum atomic E-state index is 6.15. The molecule has 0 fully saturated rings. The minimum absolute atomic E-state index is 0.650. The molecule has 0 aliphatic carbocycles. The van der Waals surface area contributed by atoms with Crippen LogP contribution in [0.25, 0.3) is 0 Å². The van der Waals surface area contributed by atoms with Crippen molar-refractivity contribution < 1.29 is 9.47 Å². The van der Waals surface area contributed by atoms with E-state index in [1.807, 2.05) is 6.07 Å². The van der Waals surface area contributed by atoms with Crippen LogP contribution in [0.5, 0.6) is 11.5 Å². The van der Waals surface area contributed by atoms with Crippen LogP contribution in [0.4, 0.5) is 5.69 Å². The number of anilines is 1. The molecule has 1 aromatic rings. The Kier molecular flexibility index (Phi) is 5.98. The zero-order valence-electron chi connectivity index (χ0n) is 10.7. The van der Waals surface area contributed by atoms with Gasteiger partial charge in [0.15, 0.2) is 11.5 Å². The first kappa shape index (κ1) is 14.0. The highest BCUT2D eigenvalue weighted by atomic mass is 35.5. The fourth-order valence-electron chi connectivity index (χ4n) is 1.59. The molecule has 0 spiro atoms. The molecule has 0 saturated heterocycles. The van der Waals surface area contributed by atoms with Gasteiger partial charge in [-0.25, -0.2) is 0 Å². The summed E-state index contributed by atoms with van der Waals surface area (Å²) in [7, 11) is 3.22. The Morgan fingerprint density at radius 2 is 1.76 bits per heavy atom. The van der Waals surface area contributed by atoms with E-state index in [9.17, 15) is 0 Å². The molecule has 1 aromatic carbocycles. The van der Waals surface area contributed by atoms with E-state index in [1.165, 1.54) is 12.8 Å². The van der Waals surface area contributed by atoms with Crippen molar-refractivity contribution in [3.63, 3.8) is 0 Å². The fraction of sp³-hybridized carbons (Fsp3) is 0.538. The van der Waals surface area contributed by atoms with Gasteiger partial charge in [0.25, 0.3) is 0 Å². The van der Waals surface area contributed by atoms with E-state index in [4.69, 9.17) is 21.1 Å². The number of ether oxygens (including phenoxy) is 2. The van der Waals surface area contributed by atoms with Gasteiger partial charge >= 0.3 is 0 Å². The van der Waals surface area contributed by atoms with E-state index >= 15 is 0 Å². The summed E-state index contributed by atoms with van der Waals surface area (Å²) in [4.78, 5) is 0. The van der Waals surface area contributed by atoms with Crippen LogP contribution in [0, 0.1) is 0 Å². The van der Waals surface area contributed by atoms with E-state index < -0.39 is 0 Å². The van der Waals surface area contributed by atoms with Crippen LogP contribution in [-0.2, 0) is 0 Å². The second kappa shape index (κ2) is 7.28. The van der Waals surface area contributed by atoms with E-state index in [2.05, 4.69) is 12.2 Å². The summed E-state index contributed by atoms with van der Waals surface area (Å²) in [5.74, 6) is 1.34. The summed E-state index contributed by atoms with van der Waals surface area (Å²) >= 11 is 6.15. The Morgan fingerprint density at radius 1 is 1.12 bits per heavy atom. The number of nitrogens with one attached hydrogen (secondary N) is 1. The Bertz CT molecular complexity index is 356. The number of hydrogen-bond acceptors (Lipinski definition) is 3. The molecule has 1 N–H and O–H groups in total. The van der Waals surface area contributed by atoms with Crippen LogP contribution in [0.15, 0.2) is 12.1 Å².